The summed E-state index contributed by atoms with van der Waals surface area (Å²) in [5.74, 6) is 0.268. The van der Waals surface area contributed by atoms with Gasteiger partial charge in [-0.3, -0.25) is 0 Å². The molecule has 2 aromatic heterocycles. The molecule has 0 amide bonds. The van der Waals surface area contributed by atoms with Crippen LogP contribution in [0, 0.1) is 0 Å². The molecule has 0 unspecified atom stereocenters. The first kappa shape index (κ1) is 6.15. The van der Waals surface area contributed by atoms with E-state index in [-0.39, 0.29) is 18.3 Å². The molecular formula is C8H7BrN4. The fourth-order valence-corrected chi connectivity index (χ4v) is 1.20. The van der Waals surface area contributed by atoms with E-state index in [1.54, 1.807) is 18.3 Å². The molecule has 2 N–H and O–H groups in total. The summed E-state index contributed by atoms with van der Waals surface area (Å²) in [5, 5.41) is 0. The van der Waals surface area contributed by atoms with Crippen LogP contribution in [0.25, 0.3) is 5.69 Å². The number of hydrogen-bond donors (Lipinski definition) is 1. The third-order valence-corrected chi connectivity index (χ3v) is 1.86. The zero-order valence-corrected chi connectivity index (χ0v) is 8.12. The minimum atomic E-state index is -0.0495. The molecule has 2 rings (SSSR count). The molecule has 0 spiro atoms. The average Bonchev–Trinajstić information content (AvgIpc) is 2.43. The van der Waals surface area contributed by atoms with Gasteiger partial charge in [-0.15, -0.1) is 0 Å². The number of nitrogen functional groups attached to an aromatic ring is 1. The van der Waals surface area contributed by atoms with Crippen LogP contribution in [0.3, 0.4) is 0 Å². The van der Waals surface area contributed by atoms with E-state index in [1.807, 2.05) is 0 Å². The Morgan fingerprint density at radius 1 is 1.54 bits per heavy atom. The normalized spacial score (nSPS) is 12.4. The molecule has 5 heteroatoms. The van der Waals surface area contributed by atoms with Crippen LogP contribution in [0.15, 0.2) is 35.4 Å². The molecule has 0 aromatic carbocycles. The van der Waals surface area contributed by atoms with Crippen LogP contribution >= 0.6 is 15.9 Å². The Labute approximate surface area is 86.4 Å². The summed E-state index contributed by atoms with van der Waals surface area (Å²) in [7, 11) is 0. The topological polar surface area (TPSA) is 56.7 Å². The monoisotopic (exact) mass is 240 g/mol. The van der Waals surface area contributed by atoms with Crippen LogP contribution in [0.1, 0.15) is 2.74 Å². The lowest BCUT2D eigenvalue weighted by Crippen LogP contribution is -1.98. The first-order valence-electron chi connectivity index (χ1n) is 4.53. The number of hydrogen-bond acceptors (Lipinski definition) is 3. The first-order valence-corrected chi connectivity index (χ1v) is 4.33. The number of imidazole rings is 1. The van der Waals surface area contributed by atoms with Crippen LogP contribution < -0.4 is 5.73 Å². The molecule has 0 aliphatic rings. The zero-order chi connectivity index (χ0) is 11.0. The maximum absolute atomic E-state index is 7.70. The van der Waals surface area contributed by atoms with Gasteiger partial charge in [0, 0.05) is 12.4 Å². The molecule has 2 heterocycles. The summed E-state index contributed by atoms with van der Waals surface area (Å²) in [6, 6.07) is 3.38. The van der Waals surface area contributed by atoms with E-state index in [2.05, 4.69) is 25.9 Å². The van der Waals surface area contributed by atoms with Crippen LogP contribution in [0.2, 0.25) is 0 Å². The van der Waals surface area contributed by atoms with Crippen molar-refractivity contribution in [3.05, 3.63) is 35.4 Å². The smallest absolute Gasteiger partial charge is 0.147 e. The fourth-order valence-electron chi connectivity index (χ4n) is 0.948. The molecule has 0 aliphatic carbocycles. The Hall–Kier alpha value is -1.36. The number of pyridine rings is 1. The van der Waals surface area contributed by atoms with E-state index < -0.39 is 0 Å². The summed E-state index contributed by atoms with van der Waals surface area (Å²) in [6.07, 6.45) is 1.59. The van der Waals surface area contributed by atoms with Gasteiger partial charge < -0.3 is 10.3 Å². The van der Waals surface area contributed by atoms with Crippen molar-refractivity contribution in [2.75, 3.05) is 5.73 Å². The van der Waals surface area contributed by atoms with Gasteiger partial charge >= 0.3 is 0 Å². The summed E-state index contributed by atoms with van der Waals surface area (Å²) >= 11 is 3.09. The fraction of sp³-hybridized carbons (Fsp3) is 0. The van der Waals surface area contributed by atoms with Crippen molar-refractivity contribution in [3.63, 3.8) is 0 Å². The lowest BCUT2D eigenvalue weighted by atomic mass is 10.4. The third kappa shape index (κ3) is 1.55. The highest BCUT2D eigenvalue weighted by atomic mass is 79.9. The van der Waals surface area contributed by atoms with Gasteiger partial charge in [0.1, 0.15) is 18.1 Å². The van der Waals surface area contributed by atoms with E-state index in [0.717, 1.165) is 0 Å². The SMILES string of the molecule is [2H]c1nc(Br)c([2H])n1-c1cccnc1N. The van der Waals surface area contributed by atoms with Crippen molar-refractivity contribution in [1.29, 1.82) is 0 Å². The molecule has 0 bridgehead atoms. The molecule has 0 radical (unpaired) electrons. The van der Waals surface area contributed by atoms with E-state index in [0.29, 0.717) is 10.3 Å². The van der Waals surface area contributed by atoms with Crippen molar-refractivity contribution in [3.8, 4) is 5.69 Å². The summed E-state index contributed by atoms with van der Waals surface area (Å²) < 4.78 is 16.9. The molecule has 66 valence electrons. The number of nitrogens with two attached hydrogens (primary N) is 1. The quantitative estimate of drug-likeness (QED) is 0.825. The molecule has 4 nitrogen and oxygen atoms in total. The molecule has 0 fully saturated rings. The van der Waals surface area contributed by atoms with Gasteiger partial charge in [0.15, 0.2) is 0 Å². The highest BCUT2D eigenvalue weighted by molar-refractivity contribution is 9.10. The first-order chi connectivity index (χ1) is 7.11. The molecule has 0 saturated heterocycles. The number of rotatable bonds is 1. The second-order valence-corrected chi connectivity index (χ2v) is 3.11. The van der Waals surface area contributed by atoms with Gasteiger partial charge in [-0.25, -0.2) is 9.97 Å². The van der Waals surface area contributed by atoms with Crippen molar-refractivity contribution < 1.29 is 2.74 Å². The molecule has 0 aliphatic heterocycles. The van der Waals surface area contributed by atoms with Crippen molar-refractivity contribution >= 4 is 21.7 Å². The van der Waals surface area contributed by atoms with Crippen LogP contribution in [0.4, 0.5) is 5.82 Å². The number of nitrogens with zero attached hydrogens (tertiary/aromatic N) is 3. The molecule has 0 saturated carbocycles. The highest BCUT2D eigenvalue weighted by Crippen LogP contribution is 2.15. The Balaban J connectivity index is 2.69. The Morgan fingerprint density at radius 2 is 2.38 bits per heavy atom. The van der Waals surface area contributed by atoms with Crippen LogP contribution in [0.5, 0.6) is 0 Å². The number of anilines is 1. The summed E-state index contributed by atoms with van der Waals surface area (Å²) in [5.41, 5.74) is 6.15. The van der Waals surface area contributed by atoms with E-state index in [9.17, 15) is 0 Å². The minimum absolute atomic E-state index is 0.0495. The predicted molar refractivity (Wildman–Crippen MR) is 53.5 cm³/mol. The zero-order valence-electron chi connectivity index (χ0n) is 8.53. The van der Waals surface area contributed by atoms with Gasteiger partial charge in [0.05, 0.1) is 7.06 Å². The summed E-state index contributed by atoms with van der Waals surface area (Å²) in [4.78, 5) is 7.70. The van der Waals surface area contributed by atoms with Gasteiger partial charge in [0.2, 0.25) is 0 Å². The van der Waals surface area contributed by atoms with Crippen LogP contribution in [-0.2, 0) is 0 Å². The van der Waals surface area contributed by atoms with Crippen molar-refractivity contribution in [2.24, 2.45) is 0 Å². The largest absolute Gasteiger partial charge is 0.382 e. The minimum Gasteiger partial charge on any atom is -0.382 e. The van der Waals surface area contributed by atoms with Gasteiger partial charge in [-0.2, -0.15) is 0 Å². The molecule has 13 heavy (non-hydrogen) atoms. The predicted octanol–water partition coefficient (Wildman–Crippen LogP) is 1.61. The second-order valence-electron chi connectivity index (χ2n) is 2.36. The van der Waals surface area contributed by atoms with Crippen molar-refractivity contribution in [1.82, 2.24) is 14.5 Å². The maximum atomic E-state index is 7.70. The van der Waals surface area contributed by atoms with Gasteiger partial charge in [0.25, 0.3) is 0 Å². The Kier molecular flexibility index (Phi) is 1.50. The van der Waals surface area contributed by atoms with E-state index in [4.69, 9.17) is 8.48 Å². The molecule has 2 aromatic rings. The highest BCUT2D eigenvalue weighted by Gasteiger charge is 2.01. The second kappa shape index (κ2) is 3.18. The molecular weight excluding hydrogens is 232 g/mol. The molecule has 0 atom stereocenters. The maximum Gasteiger partial charge on any atom is 0.147 e. The summed E-state index contributed by atoms with van der Waals surface area (Å²) in [6.45, 7) is 0. The van der Waals surface area contributed by atoms with Crippen LogP contribution in [-0.4, -0.2) is 14.5 Å². The van der Waals surface area contributed by atoms with Gasteiger partial charge in [-0.05, 0) is 28.1 Å². The third-order valence-electron chi connectivity index (χ3n) is 1.51. The number of halogens is 1. The Morgan fingerprint density at radius 3 is 3.00 bits per heavy atom. The standard InChI is InChI=1S/C8H7BrN4/c9-7-4-13(5-12-7)6-2-1-3-11-8(6)10/h1-5H,(H2,10,11)/i4D,5D. The Bertz CT molecular complexity index is 511. The lowest BCUT2D eigenvalue weighted by molar-refractivity contribution is 1.04. The number of aromatic nitrogens is 3. The average molecular weight is 241 g/mol. The van der Waals surface area contributed by atoms with E-state index in [1.165, 1.54) is 4.57 Å². The van der Waals surface area contributed by atoms with E-state index >= 15 is 0 Å². The van der Waals surface area contributed by atoms with Crippen molar-refractivity contribution in [2.45, 2.75) is 0 Å². The lowest BCUT2D eigenvalue weighted by Gasteiger charge is -2.03. The van der Waals surface area contributed by atoms with Gasteiger partial charge in [-0.1, -0.05) is 0 Å².